The summed E-state index contributed by atoms with van der Waals surface area (Å²) >= 11 is 5.91. The van der Waals surface area contributed by atoms with Crippen LogP contribution in [0, 0.1) is 6.92 Å². The number of hydrogen-bond donors (Lipinski definition) is 1. The van der Waals surface area contributed by atoms with Crippen LogP contribution in [0.5, 0.6) is 0 Å². The number of anilines is 1. The second-order valence-corrected chi connectivity index (χ2v) is 8.93. The Kier molecular flexibility index (Phi) is 6.16. The summed E-state index contributed by atoms with van der Waals surface area (Å²) in [4.78, 5) is 14.4. The first kappa shape index (κ1) is 19.8. The molecule has 1 heterocycles. The molecule has 0 bridgehead atoms. The molecule has 0 saturated carbocycles. The molecular weight excluding hydrogens is 386 g/mol. The molecule has 1 aliphatic rings. The lowest BCUT2D eigenvalue weighted by Crippen LogP contribution is -2.50. The summed E-state index contributed by atoms with van der Waals surface area (Å²) in [7, 11) is -3.57. The van der Waals surface area contributed by atoms with E-state index in [2.05, 4.69) is 5.32 Å². The summed E-state index contributed by atoms with van der Waals surface area (Å²) in [6.07, 6.45) is 0. The van der Waals surface area contributed by atoms with Gasteiger partial charge in [0.15, 0.2) is 0 Å². The van der Waals surface area contributed by atoms with Crippen molar-refractivity contribution in [1.29, 1.82) is 0 Å². The minimum Gasteiger partial charge on any atom is -0.325 e. The fourth-order valence-electron chi connectivity index (χ4n) is 2.95. The monoisotopic (exact) mass is 407 g/mol. The number of hydrogen-bond acceptors (Lipinski definition) is 4. The SMILES string of the molecule is Cc1ccc(NC(=O)CN2CCN(S(=O)(=O)c3cccc(Cl)c3)CC2)cc1. The maximum atomic E-state index is 12.7. The van der Waals surface area contributed by atoms with Crippen LogP contribution in [-0.4, -0.2) is 56.3 Å². The molecule has 1 amide bonds. The number of halogens is 1. The molecule has 1 fully saturated rings. The standard InChI is InChI=1S/C19H22ClN3O3S/c1-15-5-7-17(8-6-15)21-19(24)14-22-9-11-23(12-10-22)27(25,26)18-4-2-3-16(20)13-18/h2-8,13H,9-12,14H2,1H3,(H,21,24). The quantitative estimate of drug-likeness (QED) is 0.827. The molecule has 27 heavy (non-hydrogen) atoms. The third kappa shape index (κ3) is 5.07. The predicted octanol–water partition coefficient (Wildman–Crippen LogP) is 2.59. The molecule has 0 spiro atoms. The Morgan fingerprint density at radius 2 is 1.74 bits per heavy atom. The average Bonchev–Trinajstić information content (AvgIpc) is 2.64. The van der Waals surface area contributed by atoms with Crippen LogP contribution in [0.25, 0.3) is 0 Å². The van der Waals surface area contributed by atoms with E-state index in [1.54, 1.807) is 18.2 Å². The average molecular weight is 408 g/mol. The maximum Gasteiger partial charge on any atom is 0.243 e. The highest BCUT2D eigenvalue weighted by Gasteiger charge is 2.29. The molecule has 144 valence electrons. The topological polar surface area (TPSA) is 69.7 Å². The fraction of sp³-hybridized carbons (Fsp3) is 0.316. The number of carbonyl (C=O) groups excluding carboxylic acids is 1. The molecule has 1 aliphatic heterocycles. The van der Waals surface area contributed by atoms with Crippen LogP contribution in [0.2, 0.25) is 5.02 Å². The number of carbonyl (C=O) groups is 1. The van der Waals surface area contributed by atoms with E-state index < -0.39 is 10.0 Å². The minimum atomic E-state index is -3.57. The minimum absolute atomic E-state index is 0.106. The molecule has 2 aromatic carbocycles. The molecule has 0 atom stereocenters. The first-order valence-corrected chi connectivity index (χ1v) is 10.5. The van der Waals surface area contributed by atoms with Gasteiger partial charge in [-0.2, -0.15) is 4.31 Å². The third-order valence-electron chi connectivity index (χ3n) is 4.47. The van der Waals surface area contributed by atoms with E-state index in [1.807, 2.05) is 36.1 Å². The van der Waals surface area contributed by atoms with Crippen LogP contribution in [0.15, 0.2) is 53.4 Å². The first-order valence-electron chi connectivity index (χ1n) is 8.69. The Hall–Kier alpha value is -1.93. The van der Waals surface area contributed by atoms with Gasteiger partial charge < -0.3 is 5.32 Å². The van der Waals surface area contributed by atoms with Crippen molar-refractivity contribution in [2.45, 2.75) is 11.8 Å². The zero-order chi connectivity index (χ0) is 19.4. The van der Waals surface area contributed by atoms with E-state index in [4.69, 9.17) is 11.6 Å². The van der Waals surface area contributed by atoms with Gasteiger partial charge in [-0.1, -0.05) is 35.4 Å². The number of amides is 1. The van der Waals surface area contributed by atoms with E-state index in [0.29, 0.717) is 31.2 Å². The number of sulfonamides is 1. The van der Waals surface area contributed by atoms with Gasteiger partial charge in [0, 0.05) is 36.9 Å². The summed E-state index contributed by atoms with van der Waals surface area (Å²) in [6, 6.07) is 13.9. The summed E-state index contributed by atoms with van der Waals surface area (Å²) in [6.45, 7) is 3.91. The molecule has 0 aliphatic carbocycles. The van der Waals surface area contributed by atoms with E-state index >= 15 is 0 Å². The second-order valence-electron chi connectivity index (χ2n) is 6.55. The van der Waals surface area contributed by atoms with Crippen LogP contribution in [0.1, 0.15) is 5.56 Å². The Labute approximate surface area is 164 Å². The molecule has 8 heteroatoms. The fourth-order valence-corrected chi connectivity index (χ4v) is 4.67. The molecule has 0 radical (unpaired) electrons. The lowest BCUT2D eigenvalue weighted by atomic mass is 10.2. The number of benzene rings is 2. The lowest BCUT2D eigenvalue weighted by molar-refractivity contribution is -0.117. The summed E-state index contributed by atoms with van der Waals surface area (Å²) < 4.78 is 26.9. The molecule has 3 rings (SSSR count). The summed E-state index contributed by atoms with van der Waals surface area (Å²) in [5.74, 6) is -0.106. The Morgan fingerprint density at radius 1 is 1.07 bits per heavy atom. The number of rotatable bonds is 5. The van der Waals surface area contributed by atoms with Gasteiger partial charge in [0.05, 0.1) is 11.4 Å². The highest BCUT2D eigenvalue weighted by Crippen LogP contribution is 2.21. The molecular formula is C19H22ClN3O3S. The Bertz CT molecular complexity index is 908. The largest absolute Gasteiger partial charge is 0.325 e. The lowest BCUT2D eigenvalue weighted by Gasteiger charge is -2.33. The maximum absolute atomic E-state index is 12.7. The number of aryl methyl sites for hydroxylation is 1. The number of nitrogens with one attached hydrogen (secondary N) is 1. The van der Waals surface area contributed by atoms with Crippen molar-refractivity contribution in [3.05, 3.63) is 59.1 Å². The Balaban J connectivity index is 1.54. The molecule has 6 nitrogen and oxygen atoms in total. The van der Waals surface area contributed by atoms with Gasteiger partial charge in [0.2, 0.25) is 15.9 Å². The van der Waals surface area contributed by atoms with Crippen molar-refractivity contribution in [1.82, 2.24) is 9.21 Å². The van der Waals surface area contributed by atoms with E-state index in [0.717, 1.165) is 11.3 Å². The Morgan fingerprint density at radius 3 is 2.37 bits per heavy atom. The van der Waals surface area contributed by atoms with Crippen molar-refractivity contribution in [2.75, 3.05) is 38.0 Å². The molecule has 2 aromatic rings. The summed E-state index contributed by atoms with van der Waals surface area (Å²) in [5.41, 5.74) is 1.89. The van der Waals surface area contributed by atoms with Crippen molar-refractivity contribution in [3.8, 4) is 0 Å². The van der Waals surface area contributed by atoms with E-state index in [-0.39, 0.29) is 17.3 Å². The number of piperazine rings is 1. The zero-order valence-corrected chi connectivity index (χ0v) is 16.6. The van der Waals surface area contributed by atoms with E-state index in [1.165, 1.54) is 10.4 Å². The van der Waals surface area contributed by atoms with Gasteiger partial charge in [0.1, 0.15) is 0 Å². The van der Waals surface area contributed by atoms with Gasteiger partial charge in [0.25, 0.3) is 0 Å². The highest BCUT2D eigenvalue weighted by molar-refractivity contribution is 7.89. The van der Waals surface area contributed by atoms with Gasteiger partial charge in [-0.15, -0.1) is 0 Å². The smallest absolute Gasteiger partial charge is 0.243 e. The van der Waals surface area contributed by atoms with Gasteiger partial charge >= 0.3 is 0 Å². The van der Waals surface area contributed by atoms with Crippen molar-refractivity contribution < 1.29 is 13.2 Å². The van der Waals surface area contributed by atoms with Gasteiger partial charge in [-0.05, 0) is 37.3 Å². The third-order valence-corrected chi connectivity index (χ3v) is 6.60. The van der Waals surface area contributed by atoms with Crippen LogP contribution >= 0.6 is 11.6 Å². The van der Waals surface area contributed by atoms with Crippen molar-refractivity contribution >= 4 is 33.2 Å². The van der Waals surface area contributed by atoms with Crippen LogP contribution in [0.3, 0.4) is 0 Å². The predicted molar refractivity (Wildman–Crippen MR) is 106 cm³/mol. The molecule has 1 N–H and O–H groups in total. The van der Waals surface area contributed by atoms with Gasteiger partial charge in [-0.3, -0.25) is 9.69 Å². The van der Waals surface area contributed by atoms with Crippen LogP contribution in [0.4, 0.5) is 5.69 Å². The highest BCUT2D eigenvalue weighted by atomic mass is 35.5. The second kappa shape index (κ2) is 8.39. The summed E-state index contributed by atoms with van der Waals surface area (Å²) in [5, 5.41) is 3.25. The normalized spacial score (nSPS) is 16.2. The number of nitrogens with zero attached hydrogens (tertiary/aromatic N) is 2. The molecule has 0 aromatic heterocycles. The molecule has 1 saturated heterocycles. The van der Waals surface area contributed by atoms with Crippen LogP contribution in [-0.2, 0) is 14.8 Å². The van der Waals surface area contributed by atoms with Gasteiger partial charge in [-0.25, -0.2) is 8.42 Å². The van der Waals surface area contributed by atoms with E-state index in [9.17, 15) is 13.2 Å². The van der Waals surface area contributed by atoms with Crippen LogP contribution < -0.4 is 5.32 Å². The van der Waals surface area contributed by atoms with Crippen molar-refractivity contribution in [2.24, 2.45) is 0 Å². The first-order chi connectivity index (χ1) is 12.8. The molecule has 0 unspecified atom stereocenters. The van der Waals surface area contributed by atoms with Crippen molar-refractivity contribution in [3.63, 3.8) is 0 Å². The zero-order valence-electron chi connectivity index (χ0n) is 15.1.